The Morgan fingerprint density at radius 2 is 1.91 bits per heavy atom. The van der Waals surface area contributed by atoms with Crippen LogP contribution >= 0.6 is 0 Å². The van der Waals surface area contributed by atoms with Crippen LogP contribution in [0.5, 0.6) is 0 Å². The van der Waals surface area contributed by atoms with Gasteiger partial charge in [-0.3, -0.25) is 9.69 Å². The van der Waals surface area contributed by atoms with E-state index in [1.165, 1.54) is 23.7 Å². The van der Waals surface area contributed by atoms with Gasteiger partial charge in [0, 0.05) is 75.1 Å². The molecule has 44 heavy (non-hydrogen) atoms. The number of aromatic carboxylic acids is 1. The molecule has 0 radical (unpaired) electrons. The van der Waals surface area contributed by atoms with Crippen LogP contribution in [0.15, 0.2) is 35.5 Å². The van der Waals surface area contributed by atoms with Crippen molar-refractivity contribution in [2.75, 3.05) is 49.4 Å². The van der Waals surface area contributed by atoms with Crippen molar-refractivity contribution >= 4 is 50.3 Å². The number of carboxylic acids is 1. The number of aromatic amines is 1. The number of hydrogen-bond donors (Lipinski definition) is 4. The summed E-state index contributed by atoms with van der Waals surface area (Å²) in [6.07, 6.45) is 7.95. The minimum atomic E-state index is -1.35. The van der Waals surface area contributed by atoms with Gasteiger partial charge in [0.05, 0.1) is 33.1 Å². The van der Waals surface area contributed by atoms with E-state index >= 15 is 4.39 Å². The molecule has 2 aliphatic heterocycles. The predicted octanol–water partition coefficient (Wildman–Crippen LogP) is 3.96. The molecule has 2 saturated heterocycles. The predicted molar refractivity (Wildman–Crippen MR) is 164 cm³/mol. The third kappa shape index (κ3) is 3.81. The first kappa shape index (κ1) is 26.8. The molecule has 11 nitrogen and oxygen atoms in total. The lowest BCUT2D eigenvalue weighted by molar-refractivity contribution is 0.0695. The maximum absolute atomic E-state index is 15.8. The van der Waals surface area contributed by atoms with Crippen molar-refractivity contribution in [1.29, 1.82) is 0 Å². The largest absolute Gasteiger partial charge is 0.477 e. The van der Waals surface area contributed by atoms with Gasteiger partial charge in [0.25, 0.3) is 0 Å². The van der Waals surface area contributed by atoms with Crippen molar-refractivity contribution in [2.45, 2.75) is 31.3 Å². The van der Waals surface area contributed by atoms with E-state index in [0.717, 1.165) is 25.6 Å². The van der Waals surface area contributed by atoms with E-state index in [1.54, 1.807) is 32.6 Å². The number of benzene rings is 1. The first-order valence-corrected chi connectivity index (χ1v) is 14.8. The van der Waals surface area contributed by atoms with Crippen molar-refractivity contribution in [2.24, 2.45) is 5.92 Å². The Morgan fingerprint density at radius 1 is 1.09 bits per heavy atom. The van der Waals surface area contributed by atoms with Gasteiger partial charge in [-0.05, 0) is 37.8 Å². The van der Waals surface area contributed by atoms with Crippen molar-refractivity contribution < 1.29 is 18.7 Å². The second kappa shape index (κ2) is 9.61. The SMILES string of the molecule is CNc1cc(F)c(F)c2c1[nH]c1ncc(-c3cnc4c(c3)c(=O)c(C(=O)O)cn4NC)c(N3CC4CCN(C5CC5)C4C3)c12. The van der Waals surface area contributed by atoms with Gasteiger partial charge in [0.1, 0.15) is 11.2 Å². The molecule has 226 valence electrons. The molecule has 2 unspecified atom stereocenters. The van der Waals surface area contributed by atoms with Gasteiger partial charge in [0.2, 0.25) is 5.43 Å². The lowest BCUT2D eigenvalue weighted by Crippen LogP contribution is -2.36. The molecule has 8 rings (SSSR count). The molecule has 0 spiro atoms. The molecule has 1 aliphatic carbocycles. The molecule has 4 aromatic heterocycles. The van der Waals surface area contributed by atoms with E-state index in [9.17, 15) is 19.1 Å². The minimum absolute atomic E-state index is 0.101. The number of likely N-dealkylation sites (tertiary alicyclic amines) is 1. The Kier molecular flexibility index (Phi) is 5.86. The highest BCUT2D eigenvalue weighted by Gasteiger charge is 2.47. The zero-order chi connectivity index (χ0) is 30.4. The van der Waals surface area contributed by atoms with Crippen LogP contribution in [0.25, 0.3) is 44.1 Å². The Bertz CT molecular complexity index is 2090. The van der Waals surface area contributed by atoms with Crippen molar-refractivity contribution in [3.05, 3.63) is 58.1 Å². The van der Waals surface area contributed by atoms with Gasteiger partial charge in [-0.25, -0.2) is 28.2 Å². The second-order valence-corrected chi connectivity index (χ2v) is 11.9. The monoisotopic (exact) mass is 600 g/mol. The molecular weight excluding hydrogens is 570 g/mol. The van der Waals surface area contributed by atoms with Gasteiger partial charge < -0.3 is 25.7 Å². The minimum Gasteiger partial charge on any atom is -0.477 e. The van der Waals surface area contributed by atoms with Crippen LogP contribution in [-0.4, -0.2) is 81.4 Å². The third-order valence-corrected chi connectivity index (χ3v) is 9.58. The quantitative estimate of drug-likeness (QED) is 0.229. The van der Waals surface area contributed by atoms with Crippen LogP contribution in [0.4, 0.5) is 20.2 Å². The van der Waals surface area contributed by atoms with Crippen molar-refractivity contribution in [1.82, 2.24) is 24.5 Å². The molecule has 1 saturated carbocycles. The number of H-pyrrole nitrogens is 1. The zero-order valence-electron chi connectivity index (χ0n) is 24.1. The van der Waals surface area contributed by atoms with Crippen LogP contribution in [0, 0.1) is 17.6 Å². The number of anilines is 2. The smallest absolute Gasteiger partial charge is 0.341 e. The first-order valence-electron chi connectivity index (χ1n) is 14.8. The van der Waals surface area contributed by atoms with Crippen LogP contribution in [-0.2, 0) is 0 Å². The van der Waals surface area contributed by atoms with E-state index in [-0.39, 0.29) is 16.4 Å². The second-order valence-electron chi connectivity index (χ2n) is 11.9. The number of nitrogens with one attached hydrogen (secondary N) is 3. The van der Waals surface area contributed by atoms with Crippen LogP contribution in [0.1, 0.15) is 29.6 Å². The fraction of sp³-hybridized carbons (Fsp3) is 0.355. The molecule has 5 aromatic rings. The van der Waals surface area contributed by atoms with E-state index in [4.69, 9.17) is 0 Å². The summed E-state index contributed by atoms with van der Waals surface area (Å²) in [5.41, 5.74) is 5.06. The van der Waals surface area contributed by atoms with Crippen LogP contribution in [0.3, 0.4) is 0 Å². The van der Waals surface area contributed by atoms with Gasteiger partial charge in [0.15, 0.2) is 17.3 Å². The number of carboxylic acid groups (broad SMARTS) is 1. The van der Waals surface area contributed by atoms with E-state index < -0.39 is 28.6 Å². The van der Waals surface area contributed by atoms with Crippen molar-refractivity contribution in [3.8, 4) is 11.1 Å². The lowest BCUT2D eigenvalue weighted by Gasteiger charge is -2.27. The summed E-state index contributed by atoms with van der Waals surface area (Å²) in [6, 6.07) is 3.70. The highest BCUT2D eigenvalue weighted by Crippen LogP contribution is 2.47. The number of carbonyl (C=O) groups is 1. The standard InChI is InChI=1S/C31H30F2N8O3/c1-34-21-8-20(32)25(33)23-24-27(39-11-14-5-6-40(16-3-4-16)22(14)13-39)18(10-36-29(24)38-26(21)23)15-7-17-28(42)19(31(43)44)12-41(35-2)30(17)37-9-15/h7-10,12,14,16,22,34-35H,3-6,11,13H2,1-2H3,(H,36,38)(H,43,44). The fourth-order valence-corrected chi connectivity index (χ4v) is 7.40. The number of aromatic nitrogens is 4. The zero-order valence-corrected chi connectivity index (χ0v) is 24.1. The summed E-state index contributed by atoms with van der Waals surface area (Å²) in [4.78, 5) is 42.4. The molecule has 2 atom stereocenters. The molecule has 6 heterocycles. The van der Waals surface area contributed by atoms with E-state index in [0.29, 0.717) is 63.6 Å². The van der Waals surface area contributed by atoms with Gasteiger partial charge >= 0.3 is 5.97 Å². The van der Waals surface area contributed by atoms with Gasteiger partial charge in [-0.1, -0.05) is 0 Å². The van der Waals surface area contributed by atoms with Crippen LogP contribution < -0.4 is 21.1 Å². The molecule has 0 amide bonds. The third-order valence-electron chi connectivity index (χ3n) is 9.58. The van der Waals surface area contributed by atoms with Gasteiger partial charge in [-0.2, -0.15) is 0 Å². The lowest BCUT2D eigenvalue weighted by atomic mass is 10.0. The number of nitrogens with zero attached hydrogens (tertiary/aromatic N) is 5. The summed E-state index contributed by atoms with van der Waals surface area (Å²) >= 11 is 0. The number of hydrogen-bond acceptors (Lipinski definition) is 8. The maximum atomic E-state index is 15.8. The Labute approximate surface area is 249 Å². The number of pyridine rings is 3. The average molecular weight is 601 g/mol. The summed E-state index contributed by atoms with van der Waals surface area (Å²) < 4.78 is 32.1. The van der Waals surface area contributed by atoms with Gasteiger partial charge in [-0.15, -0.1) is 0 Å². The van der Waals surface area contributed by atoms with Crippen molar-refractivity contribution in [3.63, 3.8) is 0 Å². The van der Waals surface area contributed by atoms with Crippen LogP contribution in [0.2, 0.25) is 0 Å². The summed E-state index contributed by atoms with van der Waals surface area (Å²) in [5.74, 6) is -2.86. The van der Waals surface area contributed by atoms with E-state index in [2.05, 4.69) is 35.5 Å². The Balaban J connectivity index is 1.40. The highest BCUT2D eigenvalue weighted by molar-refractivity contribution is 6.18. The Morgan fingerprint density at radius 3 is 2.64 bits per heavy atom. The summed E-state index contributed by atoms with van der Waals surface area (Å²) in [7, 11) is 3.25. The molecular formula is C31H30F2N8O3. The fourth-order valence-electron chi connectivity index (χ4n) is 7.40. The Hall–Kier alpha value is -4.78. The normalized spacial score (nSPS) is 20.2. The molecule has 3 aliphatic rings. The summed E-state index contributed by atoms with van der Waals surface area (Å²) in [5, 5.41) is 13.3. The maximum Gasteiger partial charge on any atom is 0.341 e. The summed E-state index contributed by atoms with van der Waals surface area (Å²) in [6.45, 7) is 2.52. The molecule has 1 aromatic carbocycles. The number of fused-ring (bicyclic) bond motifs is 5. The molecule has 3 fully saturated rings. The number of halogens is 2. The highest BCUT2D eigenvalue weighted by atomic mass is 19.2. The average Bonchev–Trinajstić information content (AvgIpc) is 3.47. The van der Waals surface area contributed by atoms with E-state index in [1.807, 2.05) is 0 Å². The number of rotatable bonds is 6. The first-order chi connectivity index (χ1) is 21.3. The molecule has 0 bridgehead atoms. The molecule has 13 heteroatoms. The molecule has 4 N–H and O–H groups in total. The topological polar surface area (TPSA) is 131 Å².